The molecule has 2 fully saturated rings. The predicted molar refractivity (Wildman–Crippen MR) is 138 cm³/mol. The maximum atomic E-state index is 13.5. The Kier molecular flexibility index (Phi) is 9.58. The molecule has 2 amide bonds. The van der Waals surface area contributed by atoms with Gasteiger partial charge in [0, 0.05) is 70.2 Å². The minimum atomic E-state index is 0.0315. The summed E-state index contributed by atoms with van der Waals surface area (Å²) in [5.41, 5.74) is 2.69. The van der Waals surface area contributed by atoms with Crippen LogP contribution in [0.3, 0.4) is 0 Å². The van der Waals surface area contributed by atoms with E-state index in [-0.39, 0.29) is 24.3 Å². The quantitative estimate of drug-likeness (QED) is 0.705. The number of benzene rings is 1. The first kappa shape index (κ1) is 26.1. The summed E-state index contributed by atoms with van der Waals surface area (Å²) in [4.78, 5) is 32.5. The van der Waals surface area contributed by atoms with Crippen LogP contribution in [0.15, 0.2) is 18.2 Å². The predicted octanol–water partition coefficient (Wildman–Crippen LogP) is 3.83. The van der Waals surface area contributed by atoms with Crippen LogP contribution in [0.5, 0.6) is 0 Å². The fourth-order valence-corrected chi connectivity index (χ4v) is 5.91. The van der Waals surface area contributed by atoms with Crippen molar-refractivity contribution in [3.05, 3.63) is 29.3 Å². The van der Waals surface area contributed by atoms with Crippen molar-refractivity contribution in [1.29, 1.82) is 0 Å². The number of anilines is 1. The lowest BCUT2D eigenvalue weighted by atomic mass is 9.97. The molecule has 7 heteroatoms. The molecule has 3 aliphatic rings. The van der Waals surface area contributed by atoms with Crippen LogP contribution in [0.25, 0.3) is 0 Å². The van der Waals surface area contributed by atoms with Gasteiger partial charge in [0.1, 0.15) is 0 Å². The van der Waals surface area contributed by atoms with E-state index in [0.717, 1.165) is 89.2 Å². The van der Waals surface area contributed by atoms with Crippen molar-refractivity contribution in [3.63, 3.8) is 0 Å². The average molecular weight is 486 g/mol. The summed E-state index contributed by atoms with van der Waals surface area (Å²) in [7, 11) is 0. The summed E-state index contributed by atoms with van der Waals surface area (Å²) in [6.45, 7) is 7.21. The molecule has 1 N–H and O–H groups in total. The lowest BCUT2D eigenvalue weighted by Gasteiger charge is -2.36. The van der Waals surface area contributed by atoms with Gasteiger partial charge >= 0.3 is 0 Å². The lowest BCUT2D eigenvalue weighted by Crippen LogP contribution is -2.41. The zero-order chi connectivity index (χ0) is 24.6. The summed E-state index contributed by atoms with van der Waals surface area (Å²) in [6, 6.07) is 6.39. The Balaban J connectivity index is 1.65. The molecule has 0 spiro atoms. The summed E-state index contributed by atoms with van der Waals surface area (Å²) in [6.07, 6.45) is 9.69. The normalized spacial score (nSPS) is 23.8. The SMILES string of the molecule is CC(=O)N1CCCCCCCN(C2CCOCC2)Cc2cc(C(=O)N3CCCC(CO)C3)ccc21. The second-order valence-electron chi connectivity index (χ2n) is 10.5. The van der Waals surface area contributed by atoms with Crippen LogP contribution >= 0.6 is 0 Å². The van der Waals surface area contributed by atoms with Gasteiger partial charge in [0.2, 0.25) is 5.91 Å². The molecule has 1 aromatic carbocycles. The summed E-state index contributed by atoms with van der Waals surface area (Å²) in [5, 5.41) is 9.61. The monoisotopic (exact) mass is 485 g/mol. The Labute approximate surface area is 210 Å². The first-order valence-electron chi connectivity index (χ1n) is 13.7. The van der Waals surface area contributed by atoms with Crippen molar-refractivity contribution in [1.82, 2.24) is 9.80 Å². The van der Waals surface area contributed by atoms with E-state index in [1.807, 2.05) is 28.0 Å². The van der Waals surface area contributed by atoms with Crippen LogP contribution in [-0.2, 0) is 16.1 Å². The number of aliphatic hydroxyl groups excluding tert-OH is 1. The van der Waals surface area contributed by atoms with Gasteiger partial charge in [-0.1, -0.05) is 19.3 Å². The van der Waals surface area contributed by atoms with Gasteiger partial charge in [0.25, 0.3) is 5.91 Å². The number of carbonyl (C=O) groups is 2. The molecule has 0 aromatic heterocycles. The van der Waals surface area contributed by atoms with Gasteiger partial charge in [0.05, 0.1) is 0 Å². The number of hydrogen-bond acceptors (Lipinski definition) is 5. The van der Waals surface area contributed by atoms with E-state index in [0.29, 0.717) is 18.2 Å². The van der Waals surface area contributed by atoms with Crippen LogP contribution in [0, 0.1) is 5.92 Å². The summed E-state index contributed by atoms with van der Waals surface area (Å²) >= 11 is 0. The third-order valence-electron chi connectivity index (χ3n) is 7.97. The maximum absolute atomic E-state index is 13.5. The number of piperidine rings is 1. The van der Waals surface area contributed by atoms with Crippen molar-refractivity contribution in [2.24, 2.45) is 5.92 Å². The average Bonchev–Trinajstić information content (AvgIpc) is 2.88. The molecule has 0 bridgehead atoms. The van der Waals surface area contributed by atoms with Crippen LogP contribution in [0.1, 0.15) is 80.6 Å². The lowest BCUT2D eigenvalue weighted by molar-refractivity contribution is -0.116. The molecule has 0 aliphatic carbocycles. The van der Waals surface area contributed by atoms with E-state index < -0.39 is 0 Å². The van der Waals surface area contributed by atoms with Gasteiger partial charge in [-0.2, -0.15) is 0 Å². The van der Waals surface area contributed by atoms with Gasteiger partial charge < -0.3 is 19.6 Å². The Morgan fingerprint density at radius 1 is 0.971 bits per heavy atom. The van der Waals surface area contributed by atoms with E-state index in [4.69, 9.17) is 4.74 Å². The van der Waals surface area contributed by atoms with E-state index in [2.05, 4.69) is 4.90 Å². The van der Waals surface area contributed by atoms with Gasteiger partial charge in [-0.05, 0) is 74.8 Å². The molecule has 2 saturated heterocycles. The minimum absolute atomic E-state index is 0.0315. The Bertz CT molecular complexity index is 855. The molecule has 0 radical (unpaired) electrons. The molecule has 1 unspecified atom stereocenters. The Morgan fingerprint density at radius 3 is 2.46 bits per heavy atom. The molecule has 1 aromatic rings. The van der Waals surface area contributed by atoms with Crippen LogP contribution in [0.2, 0.25) is 0 Å². The second kappa shape index (κ2) is 12.8. The standard InChI is InChI=1S/C28H43N3O4/c1-22(33)31-15-6-4-2-3-5-13-29(26-11-16-35-17-12-26)20-25-18-24(9-10-27(25)31)28(34)30-14-7-8-23(19-30)21-32/h9-10,18,23,26,32H,2-8,11-17,19-21H2,1H3. The number of amides is 2. The topological polar surface area (TPSA) is 73.3 Å². The highest BCUT2D eigenvalue weighted by Crippen LogP contribution is 2.29. The molecule has 35 heavy (non-hydrogen) atoms. The Hall–Kier alpha value is -1.96. The first-order chi connectivity index (χ1) is 17.1. The molecule has 7 nitrogen and oxygen atoms in total. The van der Waals surface area contributed by atoms with Crippen molar-refractivity contribution in [3.8, 4) is 0 Å². The summed E-state index contributed by atoms with van der Waals surface area (Å²) in [5.74, 6) is 0.250. The van der Waals surface area contributed by atoms with Crippen molar-refractivity contribution in [2.45, 2.75) is 77.3 Å². The van der Waals surface area contributed by atoms with E-state index >= 15 is 0 Å². The Morgan fingerprint density at radius 2 is 1.71 bits per heavy atom. The highest BCUT2D eigenvalue weighted by molar-refractivity contribution is 5.97. The molecule has 3 aliphatic heterocycles. The number of rotatable bonds is 3. The number of nitrogens with zero attached hydrogens (tertiary/aromatic N) is 3. The van der Waals surface area contributed by atoms with Gasteiger partial charge in [0.15, 0.2) is 0 Å². The molecule has 3 heterocycles. The highest BCUT2D eigenvalue weighted by atomic mass is 16.5. The number of hydrogen-bond donors (Lipinski definition) is 1. The van der Waals surface area contributed by atoms with Gasteiger partial charge in [-0.15, -0.1) is 0 Å². The summed E-state index contributed by atoms with van der Waals surface area (Å²) < 4.78 is 5.63. The number of aliphatic hydroxyl groups is 1. The molecule has 4 rings (SSSR count). The second-order valence-corrected chi connectivity index (χ2v) is 10.5. The van der Waals surface area contributed by atoms with Crippen molar-refractivity contribution < 1.29 is 19.4 Å². The fraction of sp³-hybridized carbons (Fsp3) is 0.714. The largest absolute Gasteiger partial charge is 0.396 e. The van der Waals surface area contributed by atoms with Gasteiger partial charge in [-0.25, -0.2) is 0 Å². The number of ether oxygens (including phenoxy) is 1. The van der Waals surface area contributed by atoms with Crippen molar-refractivity contribution in [2.75, 3.05) is 50.9 Å². The zero-order valence-electron chi connectivity index (χ0n) is 21.4. The van der Waals surface area contributed by atoms with E-state index in [1.165, 1.54) is 19.3 Å². The number of carbonyl (C=O) groups excluding carboxylic acids is 2. The molecular formula is C28H43N3O4. The van der Waals surface area contributed by atoms with Crippen molar-refractivity contribution >= 4 is 17.5 Å². The third-order valence-corrected chi connectivity index (χ3v) is 7.97. The van der Waals surface area contributed by atoms with Crippen LogP contribution < -0.4 is 4.90 Å². The smallest absolute Gasteiger partial charge is 0.253 e. The molecule has 194 valence electrons. The van der Waals surface area contributed by atoms with E-state index in [1.54, 1.807) is 6.92 Å². The highest BCUT2D eigenvalue weighted by Gasteiger charge is 2.27. The minimum Gasteiger partial charge on any atom is -0.396 e. The van der Waals surface area contributed by atoms with Gasteiger partial charge in [-0.3, -0.25) is 14.5 Å². The maximum Gasteiger partial charge on any atom is 0.253 e. The van der Waals surface area contributed by atoms with Crippen LogP contribution in [-0.4, -0.2) is 78.8 Å². The van der Waals surface area contributed by atoms with E-state index in [9.17, 15) is 14.7 Å². The molecular weight excluding hydrogens is 442 g/mol. The third kappa shape index (κ3) is 6.83. The molecule has 1 atom stereocenters. The fourth-order valence-electron chi connectivity index (χ4n) is 5.91. The number of likely N-dealkylation sites (tertiary alicyclic amines) is 1. The number of fused-ring (bicyclic) bond motifs is 1. The van der Waals surface area contributed by atoms with Crippen LogP contribution in [0.4, 0.5) is 5.69 Å². The zero-order valence-corrected chi connectivity index (χ0v) is 21.4. The first-order valence-corrected chi connectivity index (χ1v) is 13.7. The molecule has 0 saturated carbocycles.